The van der Waals surface area contributed by atoms with Gasteiger partial charge in [0.05, 0.1) is 0 Å². The number of aromatic nitrogens is 1. The third-order valence-electron chi connectivity index (χ3n) is 2.81. The van der Waals surface area contributed by atoms with Gasteiger partial charge in [0.25, 0.3) is 0 Å². The molecule has 1 aromatic heterocycles. The van der Waals surface area contributed by atoms with E-state index in [2.05, 4.69) is 16.8 Å². The summed E-state index contributed by atoms with van der Waals surface area (Å²) in [6.45, 7) is 4.26. The number of hydrogen-bond donors (Lipinski definition) is 2. The molecule has 2 aromatic rings. The number of benzene rings is 1. The highest BCUT2D eigenvalue weighted by Gasteiger charge is 2.09. The van der Waals surface area contributed by atoms with Gasteiger partial charge in [-0.3, -0.25) is 0 Å². The Morgan fingerprint density at radius 1 is 1.35 bits per heavy atom. The summed E-state index contributed by atoms with van der Waals surface area (Å²) in [6, 6.07) is 7.27. The van der Waals surface area contributed by atoms with Crippen LogP contribution in [0.1, 0.15) is 6.92 Å². The minimum Gasteiger partial charge on any atom is -0.508 e. The number of phenols is 1. The van der Waals surface area contributed by atoms with Crippen molar-refractivity contribution in [3.63, 3.8) is 0 Å². The molecule has 4 heteroatoms. The van der Waals surface area contributed by atoms with Gasteiger partial charge in [-0.2, -0.15) is 0 Å². The van der Waals surface area contributed by atoms with Crippen molar-refractivity contribution in [3.05, 3.63) is 30.5 Å². The molecule has 0 aliphatic carbocycles. The predicted molar refractivity (Wildman–Crippen MR) is 70.3 cm³/mol. The van der Waals surface area contributed by atoms with Crippen molar-refractivity contribution in [3.8, 4) is 5.75 Å². The first-order valence-corrected chi connectivity index (χ1v) is 5.79. The highest BCUT2D eigenvalue weighted by Crippen LogP contribution is 2.27. The molecule has 1 heterocycles. The van der Waals surface area contributed by atoms with Crippen molar-refractivity contribution in [2.45, 2.75) is 6.92 Å². The normalized spacial score (nSPS) is 10.7. The van der Waals surface area contributed by atoms with Gasteiger partial charge in [0, 0.05) is 31.2 Å². The van der Waals surface area contributed by atoms with Gasteiger partial charge in [-0.25, -0.2) is 4.98 Å². The van der Waals surface area contributed by atoms with Crippen LogP contribution in [-0.4, -0.2) is 29.7 Å². The van der Waals surface area contributed by atoms with Gasteiger partial charge in [-0.1, -0.05) is 6.07 Å². The van der Waals surface area contributed by atoms with Crippen LogP contribution in [0, 0.1) is 0 Å². The first-order valence-electron chi connectivity index (χ1n) is 5.79. The lowest BCUT2D eigenvalue weighted by molar-refractivity contribution is 0.476. The molecule has 0 atom stereocenters. The van der Waals surface area contributed by atoms with Crippen LogP contribution >= 0.6 is 0 Å². The van der Waals surface area contributed by atoms with Crippen LogP contribution in [0.4, 0.5) is 5.82 Å². The van der Waals surface area contributed by atoms with Crippen LogP contribution < -0.4 is 10.6 Å². The molecule has 1 aromatic carbocycles. The maximum atomic E-state index is 9.57. The second-order valence-corrected chi connectivity index (χ2v) is 3.91. The van der Waals surface area contributed by atoms with E-state index in [0.717, 1.165) is 29.7 Å². The Hall–Kier alpha value is -1.81. The molecule has 4 nitrogen and oxygen atoms in total. The number of rotatable bonds is 4. The predicted octanol–water partition coefficient (Wildman–Crippen LogP) is 1.73. The average Bonchev–Trinajstić information content (AvgIpc) is 2.35. The quantitative estimate of drug-likeness (QED) is 0.841. The van der Waals surface area contributed by atoms with Gasteiger partial charge in [-0.05, 0) is 30.5 Å². The summed E-state index contributed by atoms with van der Waals surface area (Å²) in [7, 11) is 0. The number of likely N-dealkylation sites (N-methyl/N-ethyl adjacent to an activating group) is 1. The van der Waals surface area contributed by atoms with Crippen molar-refractivity contribution in [2.75, 3.05) is 24.5 Å². The highest BCUT2D eigenvalue weighted by atomic mass is 16.3. The molecule has 0 unspecified atom stereocenters. The molecular weight excluding hydrogens is 214 g/mol. The van der Waals surface area contributed by atoms with Gasteiger partial charge in [0.1, 0.15) is 11.6 Å². The number of fused-ring (bicyclic) bond motifs is 1. The van der Waals surface area contributed by atoms with Crippen LogP contribution in [0.2, 0.25) is 0 Å². The average molecular weight is 231 g/mol. The molecule has 17 heavy (non-hydrogen) atoms. The molecule has 0 fully saturated rings. The number of phenolic OH excluding ortho intramolecular Hbond substituents is 1. The Bertz CT molecular complexity index is 513. The zero-order valence-corrected chi connectivity index (χ0v) is 9.93. The molecule has 3 N–H and O–H groups in total. The number of hydrogen-bond acceptors (Lipinski definition) is 4. The van der Waals surface area contributed by atoms with Crippen LogP contribution in [0.25, 0.3) is 10.8 Å². The molecule has 0 saturated heterocycles. The van der Waals surface area contributed by atoms with E-state index < -0.39 is 0 Å². The standard InChI is InChI=1S/C13H17N3O/c1-2-16(8-6-14)13-12-9-11(17)4-3-10(12)5-7-15-13/h3-5,7,9,17H,2,6,8,14H2,1H3. The van der Waals surface area contributed by atoms with Crippen LogP contribution in [-0.2, 0) is 0 Å². The summed E-state index contributed by atoms with van der Waals surface area (Å²) in [6.07, 6.45) is 1.79. The summed E-state index contributed by atoms with van der Waals surface area (Å²) in [4.78, 5) is 6.51. The first kappa shape index (κ1) is 11.7. The smallest absolute Gasteiger partial charge is 0.136 e. The Balaban J connectivity index is 2.55. The second-order valence-electron chi connectivity index (χ2n) is 3.91. The lowest BCUT2D eigenvalue weighted by Gasteiger charge is -2.22. The maximum absolute atomic E-state index is 9.57. The minimum atomic E-state index is 0.260. The number of pyridine rings is 1. The first-order chi connectivity index (χ1) is 8.26. The Morgan fingerprint density at radius 2 is 2.18 bits per heavy atom. The number of anilines is 1. The van der Waals surface area contributed by atoms with Gasteiger partial charge in [0.2, 0.25) is 0 Å². The molecule has 0 aliphatic rings. The van der Waals surface area contributed by atoms with E-state index in [1.54, 1.807) is 18.3 Å². The molecule has 0 spiro atoms. The van der Waals surface area contributed by atoms with E-state index in [1.807, 2.05) is 12.1 Å². The van der Waals surface area contributed by atoms with Crippen molar-refractivity contribution in [1.82, 2.24) is 4.98 Å². The fourth-order valence-electron chi connectivity index (χ4n) is 1.96. The lowest BCUT2D eigenvalue weighted by atomic mass is 10.1. The summed E-state index contributed by atoms with van der Waals surface area (Å²) in [5.41, 5.74) is 5.60. The molecule has 0 radical (unpaired) electrons. The topological polar surface area (TPSA) is 62.4 Å². The van der Waals surface area contributed by atoms with E-state index in [-0.39, 0.29) is 5.75 Å². The van der Waals surface area contributed by atoms with E-state index >= 15 is 0 Å². The van der Waals surface area contributed by atoms with Crippen molar-refractivity contribution in [2.24, 2.45) is 5.73 Å². The Morgan fingerprint density at radius 3 is 2.88 bits per heavy atom. The zero-order valence-electron chi connectivity index (χ0n) is 9.93. The minimum absolute atomic E-state index is 0.260. The van der Waals surface area contributed by atoms with E-state index in [0.29, 0.717) is 6.54 Å². The van der Waals surface area contributed by atoms with Crippen molar-refractivity contribution < 1.29 is 5.11 Å². The summed E-state index contributed by atoms with van der Waals surface area (Å²) >= 11 is 0. The molecule has 2 rings (SSSR count). The summed E-state index contributed by atoms with van der Waals surface area (Å²) < 4.78 is 0. The van der Waals surface area contributed by atoms with Crippen molar-refractivity contribution >= 4 is 16.6 Å². The fourth-order valence-corrected chi connectivity index (χ4v) is 1.96. The second kappa shape index (κ2) is 5.01. The zero-order chi connectivity index (χ0) is 12.3. The summed E-state index contributed by atoms with van der Waals surface area (Å²) in [5.74, 6) is 1.14. The highest BCUT2D eigenvalue weighted by molar-refractivity contribution is 5.93. The summed E-state index contributed by atoms with van der Waals surface area (Å²) in [5, 5.41) is 11.6. The Labute approximate surface area is 101 Å². The molecule has 0 saturated carbocycles. The molecule has 90 valence electrons. The van der Waals surface area contributed by atoms with Crippen molar-refractivity contribution in [1.29, 1.82) is 0 Å². The fraction of sp³-hybridized carbons (Fsp3) is 0.308. The van der Waals surface area contributed by atoms with E-state index in [1.165, 1.54) is 0 Å². The van der Waals surface area contributed by atoms with Crippen LogP contribution in [0.15, 0.2) is 30.5 Å². The SMILES string of the molecule is CCN(CCN)c1nccc2ccc(O)cc12. The van der Waals surface area contributed by atoms with E-state index in [9.17, 15) is 5.11 Å². The molecule has 0 amide bonds. The van der Waals surface area contributed by atoms with Gasteiger partial charge in [-0.15, -0.1) is 0 Å². The van der Waals surface area contributed by atoms with Gasteiger partial charge in [0.15, 0.2) is 0 Å². The van der Waals surface area contributed by atoms with Crippen LogP contribution in [0.3, 0.4) is 0 Å². The lowest BCUT2D eigenvalue weighted by Crippen LogP contribution is -2.29. The number of aromatic hydroxyl groups is 1. The Kier molecular flexibility index (Phi) is 3.44. The number of nitrogens with zero attached hydrogens (tertiary/aromatic N) is 2. The van der Waals surface area contributed by atoms with Crippen LogP contribution in [0.5, 0.6) is 5.75 Å². The third-order valence-corrected chi connectivity index (χ3v) is 2.81. The molecular formula is C13H17N3O. The molecule has 0 aliphatic heterocycles. The van der Waals surface area contributed by atoms with E-state index in [4.69, 9.17) is 5.73 Å². The third kappa shape index (κ3) is 2.31. The number of nitrogens with two attached hydrogens (primary N) is 1. The maximum Gasteiger partial charge on any atom is 0.136 e. The van der Waals surface area contributed by atoms with Gasteiger partial charge >= 0.3 is 0 Å². The largest absolute Gasteiger partial charge is 0.508 e. The monoisotopic (exact) mass is 231 g/mol. The van der Waals surface area contributed by atoms with Gasteiger partial charge < -0.3 is 15.7 Å². The molecule has 0 bridgehead atoms.